The van der Waals surface area contributed by atoms with E-state index in [0.29, 0.717) is 35.2 Å². The lowest BCUT2D eigenvalue weighted by Gasteiger charge is -2.11. The number of nitrogens with one attached hydrogen (secondary N) is 1. The molecule has 9 heteroatoms. The normalized spacial score (nSPS) is 10.8. The number of fused-ring (bicyclic) bond motifs is 1. The summed E-state index contributed by atoms with van der Waals surface area (Å²) in [4.78, 5) is 12.0. The van der Waals surface area contributed by atoms with Crippen LogP contribution >= 0.6 is 0 Å². The maximum absolute atomic E-state index is 13.2. The lowest BCUT2D eigenvalue weighted by atomic mass is 10.1. The Kier molecular flexibility index (Phi) is 6.25. The molecular weight excluding hydrogens is 413 g/mol. The minimum Gasteiger partial charge on any atom is -0.483 e. The van der Waals surface area contributed by atoms with Gasteiger partial charge in [-0.25, -0.2) is 4.39 Å². The van der Waals surface area contributed by atoms with Gasteiger partial charge in [0.2, 0.25) is 5.88 Å². The summed E-state index contributed by atoms with van der Waals surface area (Å²) in [7, 11) is 0. The van der Waals surface area contributed by atoms with E-state index >= 15 is 0 Å². The molecule has 0 unspecified atom stereocenters. The van der Waals surface area contributed by atoms with Crippen molar-refractivity contribution in [1.82, 2.24) is 25.1 Å². The molecule has 4 aromatic rings. The molecule has 1 N–H and O–H groups in total. The van der Waals surface area contributed by atoms with Crippen LogP contribution in [0.15, 0.2) is 54.6 Å². The van der Waals surface area contributed by atoms with E-state index in [4.69, 9.17) is 9.47 Å². The third kappa shape index (κ3) is 4.83. The molecule has 0 atom stereocenters. The van der Waals surface area contributed by atoms with Crippen molar-refractivity contribution in [3.8, 4) is 23.0 Å². The maximum atomic E-state index is 13.2. The van der Waals surface area contributed by atoms with E-state index in [1.54, 1.807) is 24.3 Å². The van der Waals surface area contributed by atoms with Gasteiger partial charge in [-0.1, -0.05) is 12.1 Å². The van der Waals surface area contributed by atoms with Gasteiger partial charge >= 0.3 is 0 Å². The fourth-order valence-electron chi connectivity index (χ4n) is 3.05. The summed E-state index contributed by atoms with van der Waals surface area (Å²) in [6, 6.07) is 15.0. The molecule has 0 radical (unpaired) electrons. The van der Waals surface area contributed by atoms with Crippen molar-refractivity contribution < 1.29 is 18.7 Å². The van der Waals surface area contributed by atoms with Crippen LogP contribution in [0.3, 0.4) is 0 Å². The van der Waals surface area contributed by atoms with Crippen LogP contribution in [0.2, 0.25) is 0 Å². The van der Waals surface area contributed by atoms with Gasteiger partial charge in [0.15, 0.2) is 18.1 Å². The topological polar surface area (TPSA) is 90.6 Å². The van der Waals surface area contributed by atoms with Crippen LogP contribution in [0.4, 0.5) is 4.39 Å². The molecule has 0 fully saturated rings. The Labute approximate surface area is 184 Å². The average Bonchev–Trinajstić information content (AvgIpc) is 3.21. The molecule has 32 heavy (non-hydrogen) atoms. The Morgan fingerprint density at radius 1 is 1.03 bits per heavy atom. The highest BCUT2D eigenvalue weighted by Crippen LogP contribution is 2.21. The zero-order chi connectivity index (χ0) is 22.5. The van der Waals surface area contributed by atoms with Crippen molar-refractivity contribution >= 4 is 11.6 Å². The van der Waals surface area contributed by atoms with Gasteiger partial charge in [0.25, 0.3) is 5.91 Å². The van der Waals surface area contributed by atoms with Gasteiger partial charge in [0.05, 0.1) is 6.54 Å². The van der Waals surface area contributed by atoms with Gasteiger partial charge in [-0.05, 0) is 61.4 Å². The predicted molar refractivity (Wildman–Crippen MR) is 116 cm³/mol. The third-order valence-corrected chi connectivity index (χ3v) is 4.93. The first-order valence-corrected chi connectivity index (χ1v) is 10.1. The summed E-state index contributed by atoms with van der Waals surface area (Å²) in [6.45, 7) is 4.39. The third-order valence-electron chi connectivity index (χ3n) is 4.93. The SMILES string of the molecule is Cc1cccc(OCC(=O)NCCOc2ccc3nnc(-c4ccc(F)cc4)n3n2)c1C. The van der Waals surface area contributed by atoms with E-state index in [2.05, 4.69) is 20.6 Å². The van der Waals surface area contributed by atoms with Gasteiger partial charge < -0.3 is 14.8 Å². The van der Waals surface area contributed by atoms with Crippen molar-refractivity contribution in [2.24, 2.45) is 0 Å². The van der Waals surface area contributed by atoms with E-state index in [-0.39, 0.29) is 24.9 Å². The van der Waals surface area contributed by atoms with Crippen LogP contribution in [-0.4, -0.2) is 45.5 Å². The number of hydrogen-bond acceptors (Lipinski definition) is 6. The molecule has 1 amide bonds. The summed E-state index contributed by atoms with van der Waals surface area (Å²) in [5, 5.41) is 15.3. The van der Waals surface area contributed by atoms with Crippen molar-refractivity contribution in [3.05, 3.63) is 71.5 Å². The largest absolute Gasteiger partial charge is 0.483 e. The Morgan fingerprint density at radius 3 is 2.66 bits per heavy atom. The number of hydrogen-bond donors (Lipinski definition) is 1. The lowest BCUT2D eigenvalue weighted by Crippen LogP contribution is -2.32. The van der Waals surface area contributed by atoms with Gasteiger partial charge in [0.1, 0.15) is 18.2 Å². The second kappa shape index (κ2) is 9.42. The van der Waals surface area contributed by atoms with E-state index < -0.39 is 0 Å². The standard InChI is InChI=1S/C23H22FN5O3/c1-15-4-3-5-19(16(15)2)32-14-21(30)25-12-13-31-22-11-10-20-26-27-23(29(20)28-22)17-6-8-18(24)9-7-17/h3-11H,12-14H2,1-2H3,(H,25,30). The molecule has 0 saturated carbocycles. The molecule has 2 aromatic heterocycles. The summed E-state index contributed by atoms with van der Waals surface area (Å²) >= 11 is 0. The molecule has 0 spiro atoms. The van der Waals surface area contributed by atoms with Crippen molar-refractivity contribution in [2.75, 3.05) is 19.8 Å². The lowest BCUT2D eigenvalue weighted by molar-refractivity contribution is -0.123. The molecule has 0 aliphatic heterocycles. The predicted octanol–water partition coefficient (Wildman–Crippen LogP) is 3.12. The number of nitrogens with zero attached hydrogens (tertiary/aromatic N) is 4. The summed E-state index contributed by atoms with van der Waals surface area (Å²) in [5.41, 5.74) is 3.34. The van der Waals surface area contributed by atoms with Crippen LogP contribution in [0.25, 0.3) is 17.0 Å². The number of carbonyl (C=O) groups excluding carboxylic acids is 1. The van der Waals surface area contributed by atoms with Gasteiger partial charge in [-0.15, -0.1) is 15.3 Å². The van der Waals surface area contributed by atoms with E-state index in [1.165, 1.54) is 16.6 Å². The average molecular weight is 435 g/mol. The quantitative estimate of drug-likeness (QED) is 0.428. The monoisotopic (exact) mass is 435 g/mol. The highest BCUT2D eigenvalue weighted by Gasteiger charge is 2.11. The van der Waals surface area contributed by atoms with Gasteiger partial charge in [-0.3, -0.25) is 4.79 Å². The minimum absolute atomic E-state index is 0.0732. The molecule has 2 heterocycles. The number of carbonyl (C=O) groups is 1. The molecule has 8 nitrogen and oxygen atoms in total. The smallest absolute Gasteiger partial charge is 0.258 e. The highest BCUT2D eigenvalue weighted by atomic mass is 19.1. The molecule has 4 rings (SSSR count). The molecular formula is C23H22FN5O3. The number of benzene rings is 2. The molecule has 0 aliphatic rings. The number of ether oxygens (including phenoxy) is 2. The summed E-state index contributed by atoms with van der Waals surface area (Å²) < 4.78 is 25.9. The van der Waals surface area contributed by atoms with E-state index in [9.17, 15) is 9.18 Å². The Hall–Kier alpha value is -4.01. The Morgan fingerprint density at radius 2 is 1.84 bits per heavy atom. The number of rotatable bonds is 8. The first-order valence-electron chi connectivity index (χ1n) is 10.1. The summed E-state index contributed by atoms with van der Waals surface area (Å²) in [6.07, 6.45) is 0. The Balaban J connectivity index is 1.30. The van der Waals surface area contributed by atoms with Gasteiger partial charge in [-0.2, -0.15) is 4.52 Å². The van der Waals surface area contributed by atoms with E-state index in [1.807, 2.05) is 32.0 Å². The van der Waals surface area contributed by atoms with Crippen LogP contribution in [0.1, 0.15) is 11.1 Å². The van der Waals surface area contributed by atoms with Crippen LogP contribution in [0, 0.1) is 19.7 Å². The molecule has 0 bridgehead atoms. The molecule has 2 aromatic carbocycles. The highest BCUT2D eigenvalue weighted by molar-refractivity contribution is 5.77. The first-order chi connectivity index (χ1) is 15.5. The zero-order valence-electron chi connectivity index (χ0n) is 17.7. The second-order valence-electron chi connectivity index (χ2n) is 7.16. The number of aromatic nitrogens is 4. The maximum Gasteiger partial charge on any atom is 0.258 e. The van der Waals surface area contributed by atoms with Crippen LogP contribution < -0.4 is 14.8 Å². The van der Waals surface area contributed by atoms with Gasteiger partial charge in [0, 0.05) is 11.6 Å². The van der Waals surface area contributed by atoms with Crippen LogP contribution in [0.5, 0.6) is 11.6 Å². The van der Waals surface area contributed by atoms with Crippen LogP contribution in [-0.2, 0) is 4.79 Å². The second-order valence-corrected chi connectivity index (χ2v) is 7.16. The fraction of sp³-hybridized carbons (Fsp3) is 0.217. The van der Waals surface area contributed by atoms with E-state index in [0.717, 1.165) is 11.1 Å². The molecule has 0 saturated heterocycles. The molecule has 0 aliphatic carbocycles. The minimum atomic E-state index is -0.332. The number of halogens is 1. The number of amides is 1. The summed E-state index contributed by atoms with van der Waals surface area (Å²) in [5.74, 6) is 0.944. The van der Waals surface area contributed by atoms with Crippen molar-refractivity contribution in [3.63, 3.8) is 0 Å². The molecule has 164 valence electrons. The van der Waals surface area contributed by atoms with Crippen molar-refractivity contribution in [1.29, 1.82) is 0 Å². The Bertz CT molecular complexity index is 1240. The first kappa shape index (κ1) is 21.2. The zero-order valence-corrected chi connectivity index (χ0v) is 17.7. The van der Waals surface area contributed by atoms with Crippen molar-refractivity contribution in [2.45, 2.75) is 13.8 Å². The number of aryl methyl sites for hydroxylation is 1. The fourth-order valence-corrected chi connectivity index (χ4v) is 3.05.